The molecule has 0 radical (unpaired) electrons. The van der Waals surface area contributed by atoms with E-state index in [0.29, 0.717) is 5.04 Å². The van der Waals surface area contributed by atoms with E-state index >= 15 is 0 Å². The Balaban J connectivity index is 3.62. The van der Waals surface area contributed by atoms with Crippen LogP contribution in [0.4, 0.5) is 0 Å². The molecule has 50 valence electrons. The van der Waals surface area contributed by atoms with E-state index in [0.717, 1.165) is 0 Å². The molecule has 0 spiro atoms. The van der Waals surface area contributed by atoms with Gasteiger partial charge in [-0.25, -0.2) is 0 Å². The lowest BCUT2D eigenvalue weighted by Gasteiger charge is -2.21. The molecule has 0 fully saturated rings. The summed E-state index contributed by atoms with van der Waals surface area (Å²) < 4.78 is 0. The predicted octanol–water partition coefficient (Wildman–Crippen LogP) is 1.47. The minimum absolute atomic E-state index is 0.302. The Bertz CT molecular complexity index is 69.3. The smallest absolute Gasteiger partial charge is 0.216 e. The molecule has 1 N–H and O–H groups in total. The molecule has 0 aromatic carbocycles. The van der Waals surface area contributed by atoms with Crippen molar-refractivity contribution >= 4 is 19.3 Å². The Morgan fingerprint density at radius 1 is 1.38 bits per heavy atom. The number of rotatable bonds is 1. The minimum Gasteiger partial charge on any atom is -0.330 e. The van der Waals surface area contributed by atoms with Crippen LogP contribution in [-0.2, 0) is 0 Å². The monoisotopic (exact) mass is 151 g/mol. The third kappa shape index (κ3) is 2.70. The first kappa shape index (κ1) is 8.47. The van der Waals surface area contributed by atoms with Gasteiger partial charge < -0.3 is 4.98 Å². The van der Waals surface area contributed by atoms with E-state index in [2.05, 4.69) is 25.8 Å². The maximum absolute atomic E-state index is 5.97. The Hall–Kier alpha value is 0.467. The number of hydrogen-bond acceptors (Lipinski definition) is 1. The number of halogens is 1. The van der Waals surface area contributed by atoms with Crippen molar-refractivity contribution in [1.82, 2.24) is 4.98 Å². The highest BCUT2D eigenvalue weighted by Crippen LogP contribution is 2.26. The lowest BCUT2D eigenvalue weighted by molar-refractivity contribution is 0.734. The fourth-order valence-electron chi connectivity index (χ4n) is 0.433. The first-order valence-electron chi connectivity index (χ1n) is 2.80. The second-order valence-electron chi connectivity index (χ2n) is 3.02. The number of hydrogen-bond donors (Lipinski definition) is 1. The van der Waals surface area contributed by atoms with Crippen LogP contribution >= 0.6 is 11.1 Å². The molecule has 8 heavy (non-hydrogen) atoms. The molecule has 1 nitrogen and oxygen atoms in total. The van der Waals surface area contributed by atoms with Crippen LogP contribution in [0.3, 0.4) is 0 Å². The maximum atomic E-state index is 5.97. The Labute approximate surface area is 57.8 Å². The lowest BCUT2D eigenvalue weighted by Crippen LogP contribution is -2.33. The van der Waals surface area contributed by atoms with Crippen molar-refractivity contribution in [3.63, 3.8) is 0 Å². The van der Waals surface area contributed by atoms with Gasteiger partial charge in [-0.05, 0) is 12.1 Å². The summed E-state index contributed by atoms with van der Waals surface area (Å²) in [6, 6.07) is 0. The van der Waals surface area contributed by atoms with Gasteiger partial charge in [-0.3, -0.25) is 0 Å². The fraction of sp³-hybridized carbons (Fsp3) is 1.00. The van der Waals surface area contributed by atoms with Crippen molar-refractivity contribution in [2.45, 2.75) is 25.8 Å². The SMILES string of the molecule is CN[SiH](Cl)C(C)(C)C. The van der Waals surface area contributed by atoms with Gasteiger partial charge in [0.2, 0.25) is 8.27 Å². The zero-order valence-electron chi connectivity index (χ0n) is 5.96. The van der Waals surface area contributed by atoms with E-state index in [9.17, 15) is 0 Å². The van der Waals surface area contributed by atoms with Gasteiger partial charge in [0, 0.05) is 0 Å². The van der Waals surface area contributed by atoms with Crippen molar-refractivity contribution in [1.29, 1.82) is 0 Å². The van der Waals surface area contributed by atoms with Crippen LogP contribution < -0.4 is 4.98 Å². The van der Waals surface area contributed by atoms with Gasteiger partial charge in [-0.2, -0.15) is 0 Å². The Morgan fingerprint density at radius 2 is 1.75 bits per heavy atom. The molecule has 1 unspecified atom stereocenters. The number of nitrogens with one attached hydrogen (secondary N) is 1. The van der Waals surface area contributed by atoms with Gasteiger partial charge in [-0.1, -0.05) is 20.8 Å². The fourth-order valence-corrected chi connectivity index (χ4v) is 1.30. The van der Waals surface area contributed by atoms with Crippen molar-refractivity contribution in [2.75, 3.05) is 7.05 Å². The molecular formula is C5H14ClNSi. The van der Waals surface area contributed by atoms with Crippen LogP contribution in [0.5, 0.6) is 0 Å². The lowest BCUT2D eigenvalue weighted by atomic mass is 10.3. The van der Waals surface area contributed by atoms with Crippen molar-refractivity contribution < 1.29 is 0 Å². The molecule has 0 aromatic heterocycles. The summed E-state index contributed by atoms with van der Waals surface area (Å²) in [4.78, 5) is 3.11. The van der Waals surface area contributed by atoms with Crippen LogP contribution in [0.1, 0.15) is 20.8 Å². The minimum atomic E-state index is -1.15. The van der Waals surface area contributed by atoms with Gasteiger partial charge in [0.25, 0.3) is 0 Å². The average molecular weight is 152 g/mol. The summed E-state index contributed by atoms with van der Waals surface area (Å²) in [5.74, 6) is 0. The zero-order chi connectivity index (χ0) is 6.78. The molecule has 0 saturated heterocycles. The van der Waals surface area contributed by atoms with Crippen molar-refractivity contribution in [3.8, 4) is 0 Å². The van der Waals surface area contributed by atoms with E-state index in [1.54, 1.807) is 0 Å². The van der Waals surface area contributed by atoms with Gasteiger partial charge in [-0.15, -0.1) is 11.1 Å². The van der Waals surface area contributed by atoms with Crippen LogP contribution in [-0.4, -0.2) is 15.3 Å². The first-order chi connectivity index (χ1) is 3.48. The summed E-state index contributed by atoms with van der Waals surface area (Å²) in [6.45, 7) is 6.48. The average Bonchev–Trinajstić information content (AvgIpc) is 1.62. The highest BCUT2D eigenvalue weighted by atomic mass is 35.6. The van der Waals surface area contributed by atoms with E-state index < -0.39 is 8.27 Å². The summed E-state index contributed by atoms with van der Waals surface area (Å²) in [7, 11) is 0.778. The van der Waals surface area contributed by atoms with Crippen LogP contribution in [0, 0.1) is 0 Å². The summed E-state index contributed by atoms with van der Waals surface area (Å²) >= 11 is 5.97. The van der Waals surface area contributed by atoms with Crippen LogP contribution in [0.2, 0.25) is 5.04 Å². The second-order valence-corrected chi connectivity index (χ2v) is 7.36. The quantitative estimate of drug-likeness (QED) is 0.442. The normalized spacial score (nSPS) is 16.1. The van der Waals surface area contributed by atoms with Gasteiger partial charge in [0.15, 0.2) is 0 Å². The largest absolute Gasteiger partial charge is 0.330 e. The van der Waals surface area contributed by atoms with Crippen LogP contribution in [0.15, 0.2) is 0 Å². The summed E-state index contributed by atoms with van der Waals surface area (Å²) in [5, 5.41) is 0.302. The van der Waals surface area contributed by atoms with Gasteiger partial charge in [0.1, 0.15) is 0 Å². The predicted molar refractivity (Wildman–Crippen MR) is 41.8 cm³/mol. The molecule has 0 saturated carbocycles. The third-order valence-electron chi connectivity index (χ3n) is 1.01. The molecule has 0 amide bonds. The molecule has 0 heterocycles. The van der Waals surface area contributed by atoms with E-state index in [1.165, 1.54) is 0 Å². The molecule has 1 atom stereocenters. The van der Waals surface area contributed by atoms with E-state index in [-0.39, 0.29) is 0 Å². The van der Waals surface area contributed by atoms with Crippen molar-refractivity contribution in [2.24, 2.45) is 0 Å². The topological polar surface area (TPSA) is 12.0 Å². The molecule has 0 aliphatic heterocycles. The van der Waals surface area contributed by atoms with E-state index in [1.807, 2.05) is 7.05 Å². The molecule has 0 aliphatic carbocycles. The van der Waals surface area contributed by atoms with Gasteiger partial charge >= 0.3 is 0 Å². The summed E-state index contributed by atoms with van der Waals surface area (Å²) in [6.07, 6.45) is 0. The Morgan fingerprint density at radius 3 is 1.75 bits per heavy atom. The van der Waals surface area contributed by atoms with Crippen LogP contribution in [0.25, 0.3) is 0 Å². The first-order valence-corrected chi connectivity index (χ1v) is 5.70. The van der Waals surface area contributed by atoms with Crippen molar-refractivity contribution in [3.05, 3.63) is 0 Å². The van der Waals surface area contributed by atoms with E-state index in [4.69, 9.17) is 11.1 Å². The molecule has 0 bridgehead atoms. The molecule has 0 aromatic rings. The highest BCUT2D eigenvalue weighted by molar-refractivity contribution is 7.06. The standard InChI is InChI=1S/C5H14ClNSi/c1-5(2,3)8(6)7-4/h7-8H,1-4H3. The highest BCUT2D eigenvalue weighted by Gasteiger charge is 2.22. The molecule has 0 rings (SSSR count). The third-order valence-corrected chi connectivity index (χ3v) is 5.66. The van der Waals surface area contributed by atoms with Gasteiger partial charge in [0.05, 0.1) is 0 Å². The molecular weight excluding hydrogens is 138 g/mol. The second kappa shape index (κ2) is 2.85. The Kier molecular flexibility index (Phi) is 3.02. The molecule has 3 heteroatoms. The molecule has 0 aliphatic rings. The summed E-state index contributed by atoms with van der Waals surface area (Å²) in [5.41, 5.74) is 0. The zero-order valence-corrected chi connectivity index (χ0v) is 7.87. The maximum Gasteiger partial charge on any atom is 0.216 e.